The SMILES string of the molecule is CN=C(NCCCN(C)c1cccc(F)c1)N1CCN(C(=O)c2ccco2)CC1.I. The minimum absolute atomic E-state index is 0. The number of carbonyl (C=O) groups is 1. The highest BCUT2D eigenvalue weighted by molar-refractivity contribution is 14.0. The van der Waals surface area contributed by atoms with Gasteiger partial charge in [0.1, 0.15) is 5.82 Å². The first-order valence-corrected chi connectivity index (χ1v) is 9.83. The van der Waals surface area contributed by atoms with Crippen LogP contribution >= 0.6 is 24.0 Å². The van der Waals surface area contributed by atoms with Crippen molar-refractivity contribution in [2.24, 2.45) is 4.99 Å². The van der Waals surface area contributed by atoms with E-state index in [9.17, 15) is 9.18 Å². The van der Waals surface area contributed by atoms with Gasteiger partial charge in [-0.15, -0.1) is 24.0 Å². The van der Waals surface area contributed by atoms with Gasteiger partial charge in [0, 0.05) is 59.1 Å². The largest absolute Gasteiger partial charge is 0.459 e. The number of amides is 1. The summed E-state index contributed by atoms with van der Waals surface area (Å²) in [6.07, 6.45) is 2.41. The molecule has 2 heterocycles. The van der Waals surface area contributed by atoms with Gasteiger partial charge in [0.2, 0.25) is 0 Å². The Morgan fingerprint density at radius 1 is 1.20 bits per heavy atom. The molecule has 0 unspecified atom stereocenters. The van der Waals surface area contributed by atoms with Gasteiger partial charge in [-0.2, -0.15) is 0 Å². The van der Waals surface area contributed by atoms with Crippen molar-refractivity contribution >= 4 is 41.5 Å². The summed E-state index contributed by atoms with van der Waals surface area (Å²) in [4.78, 5) is 22.7. The van der Waals surface area contributed by atoms with Crippen LogP contribution in [-0.4, -0.2) is 75.0 Å². The van der Waals surface area contributed by atoms with E-state index in [1.54, 1.807) is 30.1 Å². The van der Waals surface area contributed by atoms with Crippen LogP contribution in [0.25, 0.3) is 0 Å². The fraction of sp³-hybridized carbons (Fsp3) is 0.429. The minimum atomic E-state index is -0.224. The molecular formula is C21H29FIN5O2. The van der Waals surface area contributed by atoms with E-state index in [-0.39, 0.29) is 35.7 Å². The number of furan rings is 1. The minimum Gasteiger partial charge on any atom is -0.459 e. The van der Waals surface area contributed by atoms with Crippen molar-refractivity contribution in [1.29, 1.82) is 0 Å². The van der Waals surface area contributed by atoms with E-state index in [0.29, 0.717) is 18.8 Å². The van der Waals surface area contributed by atoms with Gasteiger partial charge in [-0.25, -0.2) is 4.39 Å². The van der Waals surface area contributed by atoms with Crippen molar-refractivity contribution in [1.82, 2.24) is 15.1 Å². The highest BCUT2D eigenvalue weighted by Crippen LogP contribution is 2.14. The van der Waals surface area contributed by atoms with Crippen LogP contribution in [0.5, 0.6) is 0 Å². The lowest BCUT2D eigenvalue weighted by Gasteiger charge is -2.36. The number of rotatable bonds is 6. The lowest BCUT2D eigenvalue weighted by molar-refractivity contribution is 0.0658. The van der Waals surface area contributed by atoms with Crippen molar-refractivity contribution in [3.8, 4) is 0 Å². The number of guanidine groups is 1. The quantitative estimate of drug-likeness (QED) is 0.270. The predicted octanol–water partition coefficient (Wildman–Crippen LogP) is 2.90. The molecule has 1 aliphatic rings. The lowest BCUT2D eigenvalue weighted by atomic mass is 10.2. The van der Waals surface area contributed by atoms with E-state index in [1.807, 2.05) is 18.0 Å². The molecule has 0 aliphatic carbocycles. The summed E-state index contributed by atoms with van der Waals surface area (Å²) in [6.45, 7) is 4.26. The van der Waals surface area contributed by atoms with E-state index in [0.717, 1.165) is 44.2 Å². The molecule has 9 heteroatoms. The van der Waals surface area contributed by atoms with Gasteiger partial charge in [-0.3, -0.25) is 9.79 Å². The molecule has 1 aromatic heterocycles. The molecule has 0 saturated carbocycles. The first-order chi connectivity index (χ1) is 14.1. The molecule has 1 amide bonds. The Balaban J connectivity index is 0.00000320. The number of aliphatic imine (C=N–C) groups is 1. The zero-order valence-corrected chi connectivity index (χ0v) is 19.7. The van der Waals surface area contributed by atoms with Gasteiger partial charge in [-0.1, -0.05) is 6.07 Å². The van der Waals surface area contributed by atoms with Crippen molar-refractivity contribution in [2.75, 3.05) is 58.3 Å². The summed E-state index contributed by atoms with van der Waals surface area (Å²) in [5.74, 6) is 0.919. The van der Waals surface area contributed by atoms with Gasteiger partial charge in [0.15, 0.2) is 11.7 Å². The number of carbonyl (C=O) groups excluding carboxylic acids is 1. The lowest BCUT2D eigenvalue weighted by Crippen LogP contribution is -2.53. The number of nitrogens with zero attached hydrogens (tertiary/aromatic N) is 4. The zero-order chi connectivity index (χ0) is 20.6. The molecule has 30 heavy (non-hydrogen) atoms. The van der Waals surface area contributed by atoms with Crippen LogP contribution in [0.1, 0.15) is 17.0 Å². The van der Waals surface area contributed by atoms with E-state index >= 15 is 0 Å². The first kappa shape index (κ1) is 24.0. The second-order valence-electron chi connectivity index (χ2n) is 6.99. The van der Waals surface area contributed by atoms with E-state index < -0.39 is 0 Å². The molecule has 1 aromatic carbocycles. The summed E-state index contributed by atoms with van der Waals surface area (Å²) in [6, 6.07) is 10.0. The standard InChI is InChI=1S/C21H28FN5O2.HI/c1-23-21(24-9-5-10-25(2)18-7-3-6-17(22)16-18)27-13-11-26(12-14-27)20(28)19-8-4-15-29-19;/h3-4,6-8,15-16H,5,9-14H2,1-2H3,(H,23,24);1H. The molecule has 3 rings (SSSR count). The maximum absolute atomic E-state index is 13.3. The van der Waals surface area contributed by atoms with Gasteiger partial charge >= 0.3 is 0 Å². The maximum Gasteiger partial charge on any atom is 0.289 e. The number of hydrogen-bond acceptors (Lipinski definition) is 4. The molecule has 0 spiro atoms. The number of anilines is 1. The summed E-state index contributed by atoms with van der Waals surface area (Å²) in [5, 5.41) is 3.38. The number of benzene rings is 1. The third-order valence-electron chi connectivity index (χ3n) is 5.01. The zero-order valence-electron chi connectivity index (χ0n) is 17.4. The van der Waals surface area contributed by atoms with Crippen LogP contribution < -0.4 is 10.2 Å². The second kappa shape index (κ2) is 11.8. The third-order valence-corrected chi connectivity index (χ3v) is 5.01. The average molecular weight is 529 g/mol. The molecule has 0 radical (unpaired) electrons. The second-order valence-corrected chi connectivity index (χ2v) is 6.99. The van der Waals surface area contributed by atoms with E-state index in [2.05, 4.69) is 15.2 Å². The van der Waals surface area contributed by atoms with Gasteiger partial charge in [0.05, 0.1) is 6.26 Å². The van der Waals surface area contributed by atoms with Crippen molar-refractivity contribution < 1.29 is 13.6 Å². The van der Waals surface area contributed by atoms with Gasteiger partial charge < -0.3 is 24.4 Å². The van der Waals surface area contributed by atoms with E-state index in [1.165, 1.54) is 18.4 Å². The monoisotopic (exact) mass is 529 g/mol. The third kappa shape index (κ3) is 6.35. The summed E-state index contributed by atoms with van der Waals surface area (Å²) in [5.41, 5.74) is 0.867. The molecule has 2 aromatic rings. The summed E-state index contributed by atoms with van der Waals surface area (Å²) in [7, 11) is 3.72. The fourth-order valence-corrected chi connectivity index (χ4v) is 3.37. The first-order valence-electron chi connectivity index (χ1n) is 9.83. The molecule has 0 atom stereocenters. The molecule has 1 saturated heterocycles. The Bertz CT molecular complexity index is 823. The predicted molar refractivity (Wildman–Crippen MR) is 127 cm³/mol. The fourth-order valence-electron chi connectivity index (χ4n) is 3.37. The van der Waals surface area contributed by atoms with E-state index in [4.69, 9.17) is 4.42 Å². The summed E-state index contributed by atoms with van der Waals surface area (Å²) >= 11 is 0. The van der Waals surface area contributed by atoms with Crippen LogP contribution in [0.2, 0.25) is 0 Å². The molecule has 164 valence electrons. The number of halogens is 2. The molecule has 0 bridgehead atoms. The normalized spacial score (nSPS) is 14.3. The highest BCUT2D eigenvalue weighted by atomic mass is 127. The van der Waals surface area contributed by atoms with Gasteiger partial charge in [-0.05, 0) is 36.8 Å². The molecular weight excluding hydrogens is 500 g/mol. The maximum atomic E-state index is 13.3. The highest BCUT2D eigenvalue weighted by Gasteiger charge is 2.25. The molecule has 1 aliphatic heterocycles. The van der Waals surface area contributed by atoms with Crippen molar-refractivity contribution in [2.45, 2.75) is 6.42 Å². The average Bonchev–Trinajstić information content (AvgIpc) is 3.28. The number of hydrogen-bond donors (Lipinski definition) is 1. The van der Waals surface area contributed by atoms with Crippen LogP contribution in [0, 0.1) is 5.82 Å². The molecule has 7 nitrogen and oxygen atoms in total. The van der Waals surface area contributed by atoms with Crippen LogP contribution in [0.4, 0.5) is 10.1 Å². The topological polar surface area (TPSA) is 64.3 Å². The Labute approximate surface area is 193 Å². The van der Waals surface area contributed by atoms with Crippen LogP contribution in [0.3, 0.4) is 0 Å². The smallest absolute Gasteiger partial charge is 0.289 e. The van der Waals surface area contributed by atoms with Gasteiger partial charge in [0.25, 0.3) is 5.91 Å². The van der Waals surface area contributed by atoms with Crippen molar-refractivity contribution in [3.63, 3.8) is 0 Å². The Morgan fingerprint density at radius 3 is 2.57 bits per heavy atom. The number of nitrogens with one attached hydrogen (secondary N) is 1. The Kier molecular flexibility index (Phi) is 9.41. The molecule has 1 fully saturated rings. The van der Waals surface area contributed by atoms with Crippen LogP contribution in [-0.2, 0) is 0 Å². The van der Waals surface area contributed by atoms with Crippen molar-refractivity contribution in [3.05, 3.63) is 54.2 Å². The summed E-state index contributed by atoms with van der Waals surface area (Å²) < 4.78 is 18.5. The number of piperazine rings is 1. The Hall–Kier alpha value is -2.30. The molecule has 1 N–H and O–H groups in total. The Morgan fingerprint density at radius 2 is 1.93 bits per heavy atom. The van der Waals surface area contributed by atoms with Crippen LogP contribution in [0.15, 0.2) is 52.1 Å².